The number of carbonyl (C=O) groups is 1. The van der Waals surface area contributed by atoms with Gasteiger partial charge in [0.05, 0.1) is 17.9 Å². The van der Waals surface area contributed by atoms with Crippen molar-refractivity contribution in [1.82, 2.24) is 20.3 Å². The smallest absolute Gasteiger partial charge is 0.242 e. The number of aromatic nitrogens is 3. The van der Waals surface area contributed by atoms with Crippen LogP contribution in [0.4, 0.5) is 0 Å². The van der Waals surface area contributed by atoms with E-state index < -0.39 is 0 Å². The average molecular weight is 306 g/mol. The number of carbonyl (C=O) groups excluding carboxylic acids is 1. The number of hydrogen-bond donors (Lipinski definition) is 1. The Bertz CT molecular complexity index is 728. The maximum atomic E-state index is 12.4. The maximum Gasteiger partial charge on any atom is 0.242 e. The van der Waals surface area contributed by atoms with E-state index in [-0.39, 0.29) is 18.5 Å². The van der Waals surface area contributed by atoms with E-state index in [0.29, 0.717) is 0 Å². The van der Waals surface area contributed by atoms with Gasteiger partial charge in [-0.3, -0.25) is 4.79 Å². The molecular weight excluding hydrogens is 288 g/mol. The van der Waals surface area contributed by atoms with E-state index in [4.69, 9.17) is 0 Å². The molecule has 0 spiro atoms. The lowest BCUT2D eigenvalue weighted by molar-refractivity contribution is -0.122. The molecule has 116 valence electrons. The van der Waals surface area contributed by atoms with Gasteiger partial charge in [-0.2, -0.15) is 0 Å². The molecule has 0 bridgehead atoms. The Hall–Kier alpha value is -2.95. The van der Waals surface area contributed by atoms with Gasteiger partial charge in [-0.05, 0) is 18.1 Å². The van der Waals surface area contributed by atoms with Gasteiger partial charge < -0.3 is 5.32 Å². The summed E-state index contributed by atoms with van der Waals surface area (Å²) in [5.74, 6) is -0.101. The normalized spacial score (nSPS) is 10.7. The van der Waals surface area contributed by atoms with Crippen LogP contribution in [0.5, 0.6) is 0 Å². The molecule has 1 heterocycles. The number of rotatable bonds is 5. The Kier molecular flexibility index (Phi) is 4.47. The van der Waals surface area contributed by atoms with Crippen molar-refractivity contribution in [1.29, 1.82) is 0 Å². The molecule has 5 nitrogen and oxygen atoms in total. The van der Waals surface area contributed by atoms with Gasteiger partial charge in [-0.25, -0.2) is 4.68 Å². The van der Waals surface area contributed by atoms with E-state index >= 15 is 0 Å². The van der Waals surface area contributed by atoms with Crippen LogP contribution in [0.1, 0.15) is 22.9 Å². The first-order chi connectivity index (χ1) is 11.2. The van der Waals surface area contributed by atoms with Crippen molar-refractivity contribution in [2.45, 2.75) is 19.5 Å². The highest BCUT2D eigenvalue weighted by molar-refractivity contribution is 5.76. The molecule has 0 aliphatic rings. The summed E-state index contributed by atoms with van der Waals surface area (Å²) in [5.41, 5.74) is 2.95. The highest BCUT2D eigenvalue weighted by atomic mass is 16.2. The quantitative estimate of drug-likeness (QED) is 0.788. The summed E-state index contributed by atoms with van der Waals surface area (Å²) in [7, 11) is 0. The minimum atomic E-state index is -0.186. The van der Waals surface area contributed by atoms with Gasteiger partial charge in [0.1, 0.15) is 6.54 Å². The van der Waals surface area contributed by atoms with Crippen LogP contribution < -0.4 is 5.32 Å². The van der Waals surface area contributed by atoms with Crippen LogP contribution in [0.2, 0.25) is 0 Å². The number of nitrogens with one attached hydrogen (secondary N) is 1. The number of hydrogen-bond acceptors (Lipinski definition) is 3. The summed E-state index contributed by atoms with van der Waals surface area (Å²) in [4.78, 5) is 12.4. The first kappa shape index (κ1) is 15.0. The summed E-state index contributed by atoms with van der Waals surface area (Å²) in [6.45, 7) is 2.03. The zero-order chi connectivity index (χ0) is 16.1. The van der Waals surface area contributed by atoms with Crippen molar-refractivity contribution < 1.29 is 4.79 Å². The molecule has 3 rings (SSSR count). The van der Waals surface area contributed by atoms with Crippen LogP contribution in [0, 0.1) is 6.92 Å². The molecule has 23 heavy (non-hydrogen) atoms. The molecule has 0 unspecified atom stereocenters. The van der Waals surface area contributed by atoms with Gasteiger partial charge in [-0.1, -0.05) is 65.9 Å². The Labute approximate surface area is 135 Å². The highest BCUT2D eigenvalue weighted by Gasteiger charge is 2.17. The van der Waals surface area contributed by atoms with E-state index in [1.807, 2.05) is 67.6 Å². The van der Waals surface area contributed by atoms with E-state index in [2.05, 4.69) is 15.6 Å². The lowest BCUT2D eigenvalue weighted by atomic mass is 9.99. The first-order valence-electron chi connectivity index (χ1n) is 7.48. The summed E-state index contributed by atoms with van der Waals surface area (Å²) in [6, 6.07) is 19.7. The third-order valence-corrected chi connectivity index (χ3v) is 3.68. The second-order valence-electron chi connectivity index (χ2n) is 5.35. The van der Waals surface area contributed by atoms with Gasteiger partial charge in [0, 0.05) is 0 Å². The minimum Gasteiger partial charge on any atom is -0.344 e. The average Bonchev–Trinajstić information content (AvgIpc) is 2.99. The standard InChI is InChI=1S/C18H18N4O/c1-14-12-19-21-22(14)13-17(23)20-18(15-8-4-2-5-9-15)16-10-6-3-7-11-16/h2-12,18H,13H2,1H3,(H,20,23). The second-order valence-corrected chi connectivity index (χ2v) is 5.35. The van der Waals surface area contributed by atoms with Gasteiger partial charge in [0.2, 0.25) is 5.91 Å². The zero-order valence-electron chi connectivity index (χ0n) is 12.9. The fraction of sp³-hybridized carbons (Fsp3) is 0.167. The molecule has 3 aromatic rings. The molecule has 1 N–H and O–H groups in total. The van der Waals surface area contributed by atoms with Crippen molar-refractivity contribution >= 4 is 5.91 Å². The van der Waals surface area contributed by atoms with Crippen LogP contribution in [-0.2, 0) is 11.3 Å². The predicted octanol–water partition coefficient (Wildman–Crippen LogP) is 2.49. The molecule has 5 heteroatoms. The van der Waals surface area contributed by atoms with Crippen molar-refractivity contribution in [3.8, 4) is 0 Å². The molecule has 0 saturated carbocycles. The molecule has 0 saturated heterocycles. The SMILES string of the molecule is Cc1cnnn1CC(=O)NC(c1ccccc1)c1ccccc1. The van der Waals surface area contributed by atoms with Gasteiger partial charge in [-0.15, -0.1) is 5.10 Å². The van der Waals surface area contributed by atoms with E-state index in [9.17, 15) is 4.79 Å². The molecule has 0 aliphatic carbocycles. The largest absolute Gasteiger partial charge is 0.344 e. The van der Waals surface area contributed by atoms with Crippen LogP contribution >= 0.6 is 0 Å². The Balaban J connectivity index is 1.82. The number of aryl methyl sites for hydroxylation is 1. The van der Waals surface area contributed by atoms with Gasteiger partial charge in [0.25, 0.3) is 0 Å². The van der Waals surface area contributed by atoms with E-state index in [1.54, 1.807) is 10.9 Å². The van der Waals surface area contributed by atoms with E-state index in [0.717, 1.165) is 16.8 Å². The molecule has 0 atom stereocenters. The maximum absolute atomic E-state index is 12.4. The zero-order valence-corrected chi connectivity index (χ0v) is 12.9. The lowest BCUT2D eigenvalue weighted by Gasteiger charge is -2.20. The highest BCUT2D eigenvalue weighted by Crippen LogP contribution is 2.21. The van der Waals surface area contributed by atoms with Crippen molar-refractivity contribution in [3.63, 3.8) is 0 Å². The van der Waals surface area contributed by atoms with Gasteiger partial charge in [0.15, 0.2) is 0 Å². The van der Waals surface area contributed by atoms with Crippen LogP contribution in [-0.4, -0.2) is 20.9 Å². The monoisotopic (exact) mass is 306 g/mol. The second kappa shape index (κ2) is 6.87. The molecule has 0 fully saturated rings. The first-order valence-corrected chi connectivity index (χ1v) is 7.48. The van der Waals surface area contributed by atoms with Crippen LogP contribution in [0.3, 0.4) is 0 Å². The fourth-order valence-corrected chi connectivity index (χ4v) is 2.46. The molecule has 0 radical (unpaired) electrons. The summed E-state index contributed by atoms with van der Waals surface area (Å²) in [5, 5.41) is 10.8. The van der Waals surface area contributed by atoms with Crippen molar-refractivity contribution in [2.75, 3.05) is 0 Å². The summed E-state index contributed by atoms with van der Waals surface area (Å²) >= 11 is 0. The minimum absolute atomic E-state index is 0.101. The van der Waals surface area contributed by atoms with Crippen LogP contribution in [0.15, 0.2) is 66.9 Å². The Morgan fingerprint density at radius 1 is 1.04 bits per heavy atom. The van der Waals surface area contributed by atoms with E-state index in [1.165, 1.54) is 0 Å². The molecule has 0 aliphatic heterocycles. The topological polar surface area (TPSA) is 59.8 Å². The Morgan fingerprint density at radius 2 is 1.61 bits per heavy atom. The Morgan fingerprint density at radius 3 is 2.09 bits per heavy atom. The van der Waals surface area contributed by atoms with Crippen molar-refractivity contribution in [3.05, 3.63) is 83.7 Å². The molecule has 1 amide bonds. The number of benzene rings is 2. The fourth-order valence-electron chi connectivity index (χ4n) is 2.46. The molecular formula is C18H18N4O. The molecule has 2 aromatic carbocycles. The predicted molar refractivity (Wildman–Crippen MR) is 87.6 cm³/mol. The third kappa shape index (κ3) is 3.63. The summed E-state index contributed by atoms with van der Waals surface area (Å²) < 4.78 is 1.59. The summed E-state index contributed by atoms with van der Waals surface area (Å²) in [6.07, 6.45) is 1.64. The van der Waals surface area contributed by atoms with Gasteiger partial charge >= 0.3 is 0 Å². The number of nitrogens with zero attached hydrogens (tertiary/aromatic N) is 3. The van der Waals surface area contributed by atoms with Crippen LogP contribution in [0.25, 0.3) is 0 Å². The molecule has 1 aromatic heterocycles. The third-order valence-electron chi connectivity index (χ3n) is 3.68. The lowest BCUT2D eigenvalue weighted by Crippen LogP contribution is -2.32. The van der Waals surface area contributed by atoms with Crippen molar-refractivity contribution in [2.24, 2.45) is 0 Å². The number of amides is 1.